The average molecular weight is 571 g/mol. The first kappa shape index (κ1) is 31.3. The molecule has 1 aliphatic heterocycles. The lowest BCUT2D eigenvalue weighted by Gasteiger charge is -2.44. The third-order valence-corrected chi connectivity index (χ3v) is 8.41. The lowest BCUT2D eigenvalue weighted by Crippen LogP contribution is -3.10. The summed E-state index contributed by atoms with van der Waals surface area (Å²) in [6.07, 6.45) is -2.89. The van der Waals surface area contributed by atoms with Crippen molar-refractivity contribution in [3.8, 4) is 0 Å². The zero-order valence-electron chi connectivity index (χ0n) is 23.8. The number of carboxylic acid groups (broad SMARTS) is 1. The van der Waals surface area contributed by atoms with Crippen molar-refractivity contribution in [2.45, 2.75) is 84.7 Å². The molecule has 0 bridgehead atoms. The maximum absolute atomic E-state index is 13.2. The SMILES string of the molecule is CC(=O)O[C@H]1C[C@H](OC(C)=O)[C@]2(C)[C@@H]1[C@H](C)C[C@@H]1OC(=O)[C@H](C[NH+](C)COC(=O)CCC(=O)O)[C@H]1[C@@H]2OC(C)=O. The van der Waals surface area contributed by atoms with Crippen LogP contribution in [0.3, 0.4) is 0 Å². The van der Waals surface area contributed by atoms with E-state index in [1.807, 2.05) is 13.8 Å². The summed E-state index contributed by atoms with van der Waals surface area (Å²) < 4.78 is 28.5. The molecule has 224 valence electrons. The van der Waals surface area contributed by atoms with Crippen molar-refractivity contribution >= 4 is 35.8 Å². The molecule has 3 rings (SSSR count). The first-order valence-electron chi connectivity index (χ1n) is 13.6. The van der Waals surface area contributed by atoms with Gasteiger partial charge >= 0.3 is 35.8 Å². The van der Waals surface area contributed by atoms with Crippen LogP contribution in [-0.4, -0.2) is 85.7 Å². The number of ether oxygens (including phenoxy) is 5. The number of rotatable bonds is 10. The van der Waals surface area contributed by atoms with Crippen molar-refractivity contribution in [2.75, 3.05) is 20.3 Å². The summed E-state index contributed by atoms with van der Waals surface area (Å²) >= 11 is 0. The summed E-state index contributed by atoms with van der Waals surface area (Å²) in [6, 6.07) is 0. The van der Waals surface area contributed by atoms with Crippen LogP contribution >= 0.6 is 0 Å². The molecular weight excluding hydrogens is 530 g/mol. The molecule has 2 saturated carbocycles. The largest absolute Gasteiger partial charge is 0.481 e. The molecule has 1 unspecified atom stereocenters. The van der Waals surface area contributed by atoms with Crippen LogP contribution in [0.4, 0.5) is 0 Å². The topological polar surface area (TPSA) is 173 Å². The molecule has 0 aromatic heterocycles. The van der Waals surface area contributed by atoms with E-state index in [9.17, 15) is 28.8 Å². The quantitative estimate of drug-likeness (QED) is 0.203. The Morgan fingerprint density at radius 2 is 1.62 bits per heavy atom. The number of quaternary nitrogens is 1. The molecule has 10 atom stereocenters. The lowest BCUT2D eigenvalue weighted by molar-refractivity contribution is -0.900. The summed E-state index contributed by atoms with van der Waals surface area (Å²) in [5, 5.41) is 8.76. The molecule has 0 aromatic rings. The summed E-state index contributed by atoms with van der Waals surface area (Å²) in [4.78, 5) is 73.1. The monoisotopic (exact) mass is 570 g/mol. The van der Waals surface area contributed by atoms with E-state index in [0.717, 1.165) is 0 Å². The predicted octanol–water partition coefficient (Wildman–Crippen LogP) is -0.114. The van der Waals surface area contributed by atoms with Crippen molar-refractivity contribution in [1.29, 1.82) is 0 Å². The Kier molecular flexibility index (Phi) is 9.81. The third-order valence-electron chi connectivity index (χ3n) is 8.41. The number of nitrogens with one attached hydrogen (secondary N) is 1. The van der Waals surface area contributed by atoms with E-state index in [4.69, 9.17) is 28.8 Å². The Bertz CT molecular complexity index is 1030. The Hall–Kier alpha value is -3.22. The maximum Gasteiger partial charge on any atom is 0.315 e. The van der Waals surface area contributed by atoms with Crippen molar-refractivity contribution in [3.05, 3.63) is 0 Å². The van der Waals surface area contributed by atoms with Gasteiger partial charge in [0, 0.05) is 38.5 Å². The summed E-state index contributed by atoms with van der Waals surface area (Å²) in [7, 11) is 1.71. The van der Waals surface area contributed by atoms with E-state index in [0.29, 0.717) is 11.3 Å². The van der Waals surface area contributed by atoms with Crippen LogP contribution in [-0.2, 0) is 52.5 Å². The number of hydrogen-bond donors (Lipinski definition) is 2. The summed E-state index contributed by atoms with van der Waals surface area (Å²) in [5.74, 6) is -5.74. The highest BCUT2D eigenvalue weighted by atomic mass is 16.6. The lowest BCUT2D eigenvalue weighted by atomic mass is 9.66. The molecule has 0 spiro atoms. The van der Waals surface area contributed by atoms with Crippen molar-refractivity contribution < 1.29 is 62.5 Å². The van der Waals surface area contributed by atoms with Gasteiger partial charge in [-0.3, -0.25) is 28.8 Å². The zero-order valence-corrected chi connectivity index (χ0v) is 23.8. The van der Waals surface area contributed by atoms with Gasteiger partial charge in [0.15, 0.2) is 0 Å². The van der Waals surface area contributed by atoms with E-state index in [1.165, 1.54) is 20.8 Å². The van der Waals surface area contributed by atoms with Crippen LogP contribution in [0.5, 0.6) is 0 Å². The van der Waals surface area contributed by atoms with Crippen LogP contribution < -0.4 is 4.90 Å². The minimum absolute atomic E-state index is 0.112. The first-order valence-corrected chi connectivity index (χ1v) is 13.6. The second-order valence-corrected chi connectivity index (χ2v) is 11.5. The number of hydrogen-bond acceptors (Lipinski definition) is 11. The van der Waals surface area contributed by atoms with Gasteiger partial charge in [-0.1, -0.05) is 13.8 Å². The molecule has 0 amide bonds. The van der Waals surface area contributed by atoms with Crippen LogP contribution in [0.1, 0.15) is 60.3 Å². The number of carboxylic acids is 1. The van der Waals surface area contributed by atoms with Gasteiger partial charge in [-0.15, -0.1) is 0 Å². The Labute approximate surface area is 232 Å². The Morgan fingerprint density at radius 1 is 1.00 bits per heavy atom. The number of fused-ring (bicyclic) bond motifs is 2. The van der Waals surface area contributed by atoms with Crippen molar-refractivity contribution in [2.24, 2.45) is 29.1 Å². The fraction of sp³-hybridized carbons (Fsp3) is 0.778. The molecule has 2 aliphatic carbocycles. The van der Waals surface area contributed by atoms with Gasteiger partial charge in [-0.05, 0) is 12.3 Å². The highest BCUT2D eigenvalue weighted by Crippen LogP contribution is 2.59. The molecule has 3 fully saturated rings. The molecule has 3 aliphatic rings. The van der Waals surface area contributed by atoms with Crippen LogP contribution in [0.25, 0.3) is 0 Å². The van der Waals surface area contributed by atoms with Crippen LogP contribution in [0, 0.1) is 29.1 Å². The van der Waals surface area contributed by atoms with Gasteiger partial charge in [0.2, 0.25) is 6.73 Å². The van der Waals surface area contributed by atoms with E-state index in [-0.39, 0.29) is 44.4 Å². The molecule has 1 heterocycles. The molecule has 13 heteroatoms. The van der Waals surface area contributed by atoms with Gasteiger partial charge < -0.3 is 33.7 Å². The number of carbonyl (C=O) groups excluding carboxylic acids is 5. The Morgan fingerprint density at radius 3 is 2.20 bits per heavy atom. The van der Waals surface area contributed by atoms with Gasteiger partial charge in [0.05, 0.1) is 32.4 Å². The average Bonchev–Trinajstić information content (AvgIpc) is 3.23. The molecule has 13 nitrogen and oxygen atoms in total. The smallest absolute Gasteiger partial charge is 0.315 e. The molecule has 0 radical (unpaired) electrons. The molecule has 2 N–H and O–H groups in total. The van der Waals surface area contributed by atoms with Crippen LogP contribution in [0.15, 0.2) is 0 Å². The van der Waals surface area contributed by atoms with E-state index in [2.05, 4.69) is 0 Å². The molecule has 1 saturated heterocycles. The number of aliphatic carboxylic acids is 1. The summed E-state index contributed by atoms with van der Waals surface area (Å²) in [5.41, 5.74) is -1.01. The fourth-order valence-electron chi connectivity index (χ4n) is 7.08. The minimum Gasteiger partial charge on any atom is -0.481 e. The van der Waals surface area contributed by atoms with Crippen molar-refractivity contribution in [1.82, 2.24) is 0 Å². The third kappa shape index (κ3) is 6.73. The molecular formula is C27H40NO12+. The molecule has 0 aromatic carbocycles. The highest BCUT2D eigenvalue weighted by molar-refractivity contribution is 5.77. The molecule has 40 heavy (non-hydrogen) atoms. The van der Waals surface area contributed by atoms with Crippen molar-refractivity contribution in [3.63, 3.8) is 0 Å². The maximum atomic E-state index is 13.2. The van der Waals surface area contributed by atoms with Gasteiger partial charge in [-0.25, -0.2) is 0 Å². The number of esters is 5. The van der Waals surface area contributed by atoms with E-state index < -0.39 is 77.5 Å². The first-order chi connectivity index (χ1) is 18.6. The standard InChI is InChI=1S/C27H39NO12/c1-13-9-18-23(17(26(35)40-18)11-28(6)12-36-22(34)8-7-21(32)33)25(39-16(4)31)27(5)20(38-15(3)30)10-19(24(13)27)37-14(2)29/h13,17-20,23-25H,7-12H2,1-6H3,(H,32,33)/p+1/t13-,17-,18+,19+,20+,23-,24-,25+,27-/m1/s1. The highest BCUT2D eigenvalue weighted by Gasteiger charge is 2.69. The van der Waals surface area contributed by atoms with Gasteiger partial charge in [0.1, 0.15) is 30.3 Å². The van der Waals surface area contributed by atoms with Crippen LogP contribution in [0.2, 0.25) is 0 Å². The minimum atomic E-state index is -1.11. The van der Waals surface area contributed by atoms with E-state index in [1.54, 1.807) is 7.05 Å². The number of carbonyl (C=O) groups is 6. The zero-order chi connectivity index (χ0) is 29.9. The van der Waals surface area contributed by atoms with E-state index >= 15 is 0 Å². The normalized spacial score (nSPS) is 35.3. The summed E-state index contributed by atoms with van der Waals surface area (Å²) in [6.45, 7) is 7.72. The Balaban J connectivity index is 1.94. The second-order valence-electron chi connectivity index (χ2n) is 11.5. The fourth-order valence-corrected chi connectivity index (χ4v) is 7.08. The second kappa shape index (κ2) is 12.5. The predicted molar refractivity (Wildman–Crippen MR) is 133 cm³/mol. The van der Waals surface area contributed by atoms with Gasteiger partial charge in [-0.2, -0.15) is 0 Å². The van der Waals surface area contributed by atoms with Gasteiger partial charge in [0.25, 0.3) is 0 Å².